The molecule has 1 aliphatic heterocycles. The van der Waals surface area contributed by atoms with E-state index in [1.165, 1.54) is 0 Å². The smallest absolute Gasteiger partial charge is 0.240 e. The molecule has 1 aromatic rings. The lowest BCUT2D eigenvalue weighted by molar-refractivity contribution is -0.123. The van der Waals surface area contributed by atoms with Gasteiger partial charge in [0.05, 0.1) is 27.6 Å². The minimum Gasteiger partial charge on any atom is -0.274 e. The van der Waals surface area contributed by atoms with Gasteiger partial charge >= 0.3 is 0 Å². The first-order chi connectivity index (χ1) is 11.9. The minimum absolute atomic E-state index is 0.0924. The van der Waals surface area contributed by atoms with E-state index < -0.39 is 37.7 Å². The average Bonchev–Trinajstić information content (AvgIpc) is 2.95. The molecule has 138 valence electrons. The SMILES string of the molecule is Cc1ccc(N2C(=O)[C@@H]3[C@H](C2=O)[C@@]2(Cl)C(Cl)=C(Cl)[C@]3(Cl)C2(Cl)Cl)cc1C. The number of amides is 2. The molecule has 0 spiro atoms. The summed E-state index contributed by atoms with van der Waals surface area (Å²) in [6, 6.07) is 5.27. The zero-order chi connectivity index (χ0) is 19.4. The van der Waals surface area contributed by atoms with Crippen molar-refractivity contribution in [3.63, 3.8) is 0 Å². The van der Waals surface area contributed by atoms with E-state index in [1.807, 2.05) is 19.9 Å². The molecule has 4 atom stereocenters. The lowest BCUT2D eigenvalue weighted by atomic mass is 9.84. The van der Waals surface area contributed by atoms with Crippen molar-refractivity contribution in [2.45, 2.75) is 27.9 Å². The Balaban J connectivity index is 1.90. The van der Waals surface area contributed by atoms with Gasteiger partial charge in [0.15, 0.2) is 4.33 Å². The van der Waals surface area contributed by atoms with Gasteiger partial charge in [-0.3, -0.25) is 9.59 Å². The second kappa shape index (κ2) is 5.46. The first-order valence-corrected chi connectivity index (χ1v) is 9.96. The van der Waals surface area contributed by atoms with Crippen LogP contribution in [-0.2, 0) is 9.59 Å². The van der Waals surface area contributed by atoms with Crippen molar-refractivity contribution in [3.8, 4) is 0 Å². The maximum atomic E-state index is 13.2. The van der Waals surface area contributed by atoms with Gasteiger partial charge in [0, 0.05) is 0 Å². The van der Waals surface area contributed by atoms with Crippen LogP contribution in [0.4, 0.5) is 5.69 Å². The lowest BCUT2D eigenvalue weighted by Gasteiger charge is -2.34. The number of benzene rings is 1. The molecule has 0 radical (unpaired) electrons. The molecule has 26 heavy (non-hydrogen) atoms. The predicted octanol–water partition coefficient (Wildman–Crippen LogP) is 5.25. The first kappa shape index (κ1) is 19.2. The molecule has 3 aliphatic rings. The zero-order valence-corrected chi connectivity index (χ0v) is 18.0. The van der Waals surface area contributed by atoms with Gasteiger partial charge in [0.2, 0.25) is 11.8 Å². The Hall–Kier alpha value is -0.160. The fourth-order valence-electron chi connectivity index (χ4n) is 4.11. The van der Waals surface area contributed by atoms with Crippen LogP contribution < -0.4 is 4.90 Å². The summed E-state index contributed by atoms with van der Waals surface area (Å²) in [6.07, 6.45) is 0. The number of alkyl halides is 4. The maximum Gasteiger partial charge on any atom is 0.240 e. The summed E-state index contributed by atoms with van der Waals surface area (Å²) in [5, 5.41) is -0.185. The number of carbonyl (C=O) groups is 2. The van der Waals surface area contributed by atoms with Crippen LogP contribution in [-0.4, -0.2) is 25.9 Å². The number of carbonyl (C=O) groups excluding carboxylic acids is 2. The minimum atomic E-state index is -1.91. The van der Waals surface area contributed by atoms with Crippen LogP contribution in [0.2, 0.25) is 0 Å². The summed E-state index contributed by atoms with van der Waals surface area (Å²) in [6.45, 7) is 3.82. The monoisotopic (exact) mass is 471 g/mol. The van der Waals surface area contributed by atoms with Crippen LogP contribution in [0.5, 0.6) is 0 Å². The highest BCUT2D eigenvalue weighted by Gasteiger charge is 2.87. The summed E-state index contributed by atoms with van der Waals surface area (Å²) in [5.74, 6) is -3.32. The number of nitrogens with zero attached hydrogens (tertiary/aromatic N) is 1. The number of imide groups is 1. The molecule has 0 unspecified atom stereocenters. The van der Waals surface area contributed by atoms with Gasteiger partial charge in [0.1, 0.15) is 9.75 Å². The van der Waals surface area contributed by atoms with E-state index in [0.29, 0.717) is 5.69 Å². The van der Waals surface area contributed by atoms with Gasteiger partial charge in [0.25, 0.3) is 0 Å². The molecule has 2 amide bonds. The van der Waals surface area contributed by atoms with E-state index in [4.69, 9.17) is 69.6 Å². The third-order valence-corrected chi connectivity index (χ3v) is 9.92. The third-order valence-electron chi connectivity index (χ3n) is 5.66. The van der Waals surface area contributed by atoms with Crippen molar-refractivity contribution < 1.29 is 9.59 Å². The lowest BCUT2D eigenvalue weighted by Crippen LogP contribution is -2.50. The number of hydrogen-bond donors (Lipinski definition) is 0. The van der Waals surface area contributed by atoms with E-state index in [9.17, 15) is 9.59 Å². The second-order valence-electron chi connectivity index (χ2n) is 6.86. The van der Waals surface area contributed by atoms with Crippen molar-refractivity contribution in [2.24, 2.45) is 11.8 Å². The van der Waals surface area contributed by atoms with Crippen molar-refractivity contribution in [1.82, 2.24) is 0 Å². The normalized spacial score (nSPS) is 37.8. The van der Waals surface area contributed by atoms with Gasteiger partial charge in [-0.05, 0) is 37.1 Å². The summed E-state index contributed by atoms with van der Waals surface area (Å²) >= 11 is 38.8. The molecule has 3 nitrogen and oxygen atoms in total. The molecule has 1 aromatic carbocycles. The number of fused-ring (bicyclic) bond motifs is 5. The van der Waals surface area contributed by atoms with Gasteiger partial charge in [-0.1, -0.05) is 52.5 Å². The molecular weight excluding hydrogens is 463 g/mol. The number of rotatable bonds is 1. The van der Waals surface area contributed by atoms with Crippen molar-refractivity contribution in [3.05, 3.63) is 39.4 Å². The number of allylic oxidation sites excluding steroid dienone is 2. The quantitative estimate of drug-likeness (QED) is 0.412. The summed E-state index contributed by atoms with van der Waals surface area (Å²) < 4.78 is -1.91. The Morgan fingerprint density at radius 1 is 0.846 bits per heavy atom. The summed E-state index contributed by atoms with van der Waals surface area (Å²) in [4.78, 5) is 23.9. The van der Waals surface area contributed by atoms with E-state index in [1.54, 1.807) is 12.1 Å². The maximum absolute atomic E-state index is 13.2. The van der Waals surface area contributed by atoms with Gasteiger partial charge in [-0.15, -0.1) is 23.2 Å². The second-order valence-corrected chi connectivity index (χ2v) is 10.1. The van der Waals surface area contributed by atoms with Gasteiger partial charge < -0.3 is 0 Å². The van der Waals surface area contributed by atoms with Crippen LogP contribution in [0.15, 0.2) is 28.3 Å². The molecule has 2 aliphatic carbocycles. The van der Waals surface area contributed by atoms with Crippen LogP contribution in [0.25, 0.3) is 0 Å². The largest absolute Gasteiger partial charge is 0.274 e. The van der Waals surface area contributed by atoms with Gasteiger partial charge in [-0.25, -0.2) is 4.90 Å². The predicted molar refractivity (Wildman–Crippen MR) is 106 cm³/mol. The highest BCUT2D eigenvalue weighted by atomic mass is 35.5. The first-order valence-electron chi connectivity index (χ1n) is 7.69. The molecule has 2 fully saturated rings. The summed E-state index contributed by atoms with van der Waals surface area (Å²) in [5.41, 5.74) is 2.39. The zero-order valence-electron chi connectivity index (χ0n) is 13.4. The molecule has 1 heterocycles. The van der Waals surface area contributed by atoms with E-state index in [-0.39, 0.29) is 10.1 Å². The standard InChI is InChI=1S/C17H11Cl6NO2/c1-6-3-4-8(5-7(6)2)24-13(25)9-10(14(24)26)16(21)12(19)11(18)15(9,20)17(16,22)23/h3-5,9-10H,1-2H3/t9-,10+,15-,16+. The molecule has 2 bridgehead atoms. The number of hydrogen-bond acceptors (Lipinski definition) is 2. The van der Waals surface area contributed by atoms with Crippen LogP contribution >= 0.6 is 69.6 Å². The fraction of sp³-hybridized carbons (Fsp3) is 0.412. The molecule has 4 rings (SSSR count). The highest BCUT2D eigenvalue weighted by molar-refractivity contribution is 6.67. The van der Waals surface area contributed by atoms with Crippen LogP contribution in [0, 0.1) is 25.7 Å². The van der Waals surface area contributed by atoms with Crippen molar-refractivity contribution in [2.75, 3.05) is 4.90 Å². The fourth-order valence-corrected chi connectivity index (χ4v) is 7.04. The molecule has 0 aromatic heterocycles. The van der Waals surface area contributed by atoms with E-state index in [0.717, 1.165) is 16.0 Å². The number of halogens is 6. The Morgan fingerprint density at radius 3 is 1.73 bits per heavy atom. The highest BCUT2D eigenvalue weighted by Crippen LogP contribution is 2.77. The topological polar surface area (TPSA) is 37.4 Å². The molecule has 1 saturated carbocycles. The summed E-state index contributed by atoms with van der Waals surface area (Å²) in [7, 11) is 0. The molecular formula is C17H11Cl6NO2. The Kier molecular flexibility index (Phi) is 4.03. The van der Waals surface area contributed by atoms with Crippen LogP contribution in [0.3, 0.4) is 0 Å². The average molecular weight is 474 g/mol. The third kappa shape index (κ3) is 1.81. The van der Waals surface area contributed by atoms with E-state index in [2.05, 4.69) is 0 Å². The van der Waals surface area contributed by atoms with Gasteiger partial charge in [-0.2, -0.15) is 0 Å². The van der Waals surface area contributed by atoms with E-state index >= 15 is 0 Å². The van der Waals surface area contributed by atoms with Crippen molar-refractivity contribution in [1.29, 1.82) is 0 Å². The van der Waals surface area contributed by atoms with Crippen molar-refractivity contribution >= 4 is 87.1 Å². The molecule has 0 N–H and O–H groups in total. The van der Waals surface area contributed by atoms with Crippen LogP contribution in [0.1, 0.15) is 11.1 Å². The molecule has 9 heteroatoms. The Labute approximate surface area is 180 Å². The Morgan fingerprint density at radius 2 is 1.31 bits per heavy atom. The molecule has 1 saturated heterocycles. The Bertz CT molecular complexity index is 882. The number of aryl methyl sites for hydroxylation is 2. The number of anilines is 1.